The SMILES string of the molecule is CCn1c(=O)n(CC(=O)NCCOC)c(=O)c2c3c(sc21)CCCC3. The van der Waals surface area contributed by atoms with Gasteiger partial charge < -0.3 is 10.1 Å². The zero-order valence-electron chi connectivity index (χ0n) is 14.6. The molecule has 1 N–H and O–H groups in total. The zero-order chi connectivity index (χ0) is 18.0. The number of methoxy groups -OCH3 is 1. The molecule has 0 bridgehead atoms. The number of ether oxygens (including phenoxy) is 1. The first-order chi connectivity index (χ1) is 12.1. The van der Waals surface area contributed by atoms with E-state index in [1.807, 2.05) is 6.92 Å². The predicted octanol–water partition coefficient (Wildman–Crippen LogP) is 0.886. The quantitative estimate of drug-likeness (QED) is 0.771. The maximum absolute atomic E-state index is 13.0. The normalized spacial score (nSPS) is 13.8. The van der Waals surface area contributed by atoms with E-state index in [1.165, 1.54) is 4.88 Å². The maximum Gasteiger partial charge on any atom is 0.332 e. The number of amides is 1. The molecule has 1 aliphatic carbocycles. The zero-order valence-corrected chi connectivity index (χ0v) is 15.4. The molecule has 0 saturated heterocycles. The molecule has 25 heavy (non-hydrogen) atoms. The fourth-order valence-corrected chi connectivity index (χ4v) is 4.76. The van der Waals surface area contributed by atoms with Crippen LogP contribution in [0, 0.1) is 0 Å². The van der Waals surface area contributed by atoms with Gasteiger partial charge in [0.25, 0.3) is 5.56 Å². The molecule has 0 unspecified atom stereocenters. The number of nitrogens with one attached hydrogen (secondary N) is 1. The number of rotatable bonds is 6. The summed E-state index contributed by atoms with van der Waals surface area (Å²) in [5.74, 6) is -0.359. The van der Waals surface area contributed by atoms with E-state index in [9.17, 15) is 14.4 Å². The molecular weight excluding hydrogens is 342 g/mol. The Morgan fingerprint density at radius 2 is 2.00 bits per heavy atom. The van der Waals surface area contributed by atoms with Crippen molar-refractivity contribution in [2.24, 2.45) is 0 Å². The van der Waals surface area contributed by atoms with Crippen LogP contribution in [0.5, 0.6) is 0 Å². The van der Waals surface area contributed by atoms with E-state index in [0.717, 1.165) is 40.6 Å². The Bertz CT molecular complexity index is 909. The third-order valence-electron chi connectivity index (χ3n) is 4.57. The van der Waals surface area contributed by atoms with Crippen molar-refractivity contribution < 1.29 is 9.53 Å². The van der Waals surface area contributed by atoms with Gasteiger partial charge >= 0.3 is 5.69 Å². The monoisotopic (exact) mass is 365 g/mol. The summed E-state index contributed by atoms with van der Waals surface area (Å²) in [6, 6.07) is 0. The smallest absolute Gasteiger partial charge is 0.332 e. The minimum absolute atomic E-state index is 0.262. The van der Waals surface area contributed by atoms with Gasteiger partial charge in [-0.3, -0.25) is 18.7 Å². The molecule has 1 aliphatic rings. The van der Waals surface area contributed by atoms with Crippen LogP contribution in [0.2, 0.25) is 0 Å². The highest BCUT2D eigenvalue weighted by atomic mass is 32.1. The van der Waals surface area contributed by atoms with Crippen LogP contribution in [0.15, 0.2) is 9.59 Å². The van der Waals surface area contributed by atoms with Crippen LogP contribution in [-0.4, -0.2) is 35.3 Å². The van der Waals surface area contributed by atoms with E-state index in [1.54, 1.807) is 23.0 Å². The van der Waals surface area contributed by atoms with Crippen molar-refractivity contribution >= 4 is 27.5 Å². The number of aryl methyl sites for hydroxylation is 3. The molecule has 136 valence electrons. The molecule has 0 saturated carbocycles. The highest BCUT2D eigenvalue weighted by Gasteiger charge is 2.23. The van der Waals surface area contributed by atoms with Gasteiger partial charge in [-0.05, 0) is 38.2 Å². The lowest BCUT2D eigenvalue weighted by Gasteiger charge is -2.12. The molecule has 0 spiro atoms. The molecule has 7 nitrogen and oxygen atoms in total. The van der Waals surface area contributed by atoms with Gasteiger partial charge in [-0.15, -0.1) is 11.3 Å². The van der Waals surface area contributed by atoms with Crippen LogP contribution in [0.3, 0.4) is 0 Å². The van der Waals surface area contributed by atoms with Crippen molar-refractivity contribution in [1.82, 2.24) is 14.5 Å². The minimum atomic E-state index is -0.416. The molecule has 0 fully saturated rings. The van der Waals surface area contributed by atoms with Gasteiger partial charge in [-0.25, -0.2) is 4.79 Å². The van der Waals surface area contributed by atoms with E-state index in [4.69, 9.17) is 4.74 Å². The number of carbonyl (C=O) groups excluding carboxylic acids is 1. The van der Waals surface area contributed by atoms with Crippen molar-refractivity contribution in [3.8, 4) is 0 Å². The van der Waals surface area contributed by atoms with Gasteiger partial charge in [0.1, 0.15) is 11.4 Å². The van der Waals surface area contributed by atoms with E-state index >= 15 is 0 Å². The van der Waals surface area contributed by atoms with Crippen molar-refractivity contribution in [1.29, 1.82) is 0 Å². The first kappa shape index (κ1) is 17.9. The lowest BCUT2D eigenvalue weighted by Crippen LogP contribution is -2.44. The van der Waals surface area contributed by atoms with Crippen LogP contribution >= 0.6 is 11.3 Å². The second kappa shape index (κ2) is 7.53. The summed E-state index contributed by atoms with van der Waals surface area (Å²) in [6.07, 6.45) is 4.00. The van der Waals surface area contributed by atoms with Crippen LogP contribution in [0.1, 0.15) is 30.2 Å². The molecule has 0 aliphatic heterocycles. The summed E-state index contributed by atoms with van der Waals surface area (Å²) in [5, 5.41) is 3.29. The van der Waals surface area contributed by atoms with Crippen molar-refractivity contribution in [3.63, 3.8) is 0 Å². The van der Waals surface area contributed by atoms with Crippen LogP contribution < -0.4 is 16.6 Å². The van der Waals surface area contributed by atoms with E-state index < -0.39 is 5.69 Å². The molecule has 0 atom stereocenters. The Hall–Kier alpha value is -1.93. The highest BCUT2D eigenvalue weighted by molar-refractivity contribution is 7.18. The van der Waals surface area contributed by atoms with Crippen molar-refractivity contribution in [3.05, 3.63) is 31.3 Å². The van der Waals surface area contributed by atoms with E-state index in [-0.39, 0.29) is 18.0 Å². The predicted molar refractivity (Wildman–Crippen MR) is 97.5 cm³/mol. The Labute approximate surface area is 149 Å². The molecule has 2 heterocycles. The lowest BCUT2D eigenvalue weighted by molar-refractivity contribution is -0.121. The number of hydrogen-bond acceptors (Lipinski definition) is 5. The Morgan fingerprint density at radius 1 is 1.24 bits per heavy atom. The molecule has 2 aromatic rings. The van der Waals surface area contributed by atoms with Gasteiger partial charge in [0.2, 0.25) is 5.91 Å². The largest absolute Gasteiger partial charge is 0.383 e. The van der Waals surface area contributed by atoms with Gasteiger partial charge in [0, 0.05) is 25.1 Å². The average molecular weight is 365 g/mol. The molecule has 0 radical (unpaired) electrons. The Morgan fingerprint density at radius 3 is 2.72 bits per heavy atom. The minimum Gasteiger partial charge on any atom is -0.383 e. The highest BCUT2D eigenvalue weighted by Crippen LogP contribution is 2.34. The van der Waals surface area contributed by atoms with Crippen LogP contribution in [0.4, 0.5) is 0 Å². The van der Waals surface area contributed by atoms with E-state index in [0.29, 0.717) is 25.1 Å². The second-order valence-corrected chi connectivity index (χ2v) is 7.24. The van der Waals surface area contributed by atoms with Gasteiger partial charge in [-0.2, -0.15) is 0 Å². The number of fused-ring (bicyclic) bond motifs is 3. The Balaban J connectivity index is 2.08. The second-order valence-electron chi connectivity index (χ2n) is 6.15. The fourth-order valence-electron chi connectivity index (χ4n) is 3.33. The third kappa shape index (κ3) is 3.28. The van der Waals surface area contributed by atoms with Crippen molar-refractivity contribution in [2.75, 3.05) is 20.3 Å². The van der Waals surface area contributed by atoms with Gasteiger partial charge in [-0.1, -0.05) is 0 Å². The average Bonchev–Trinajstić information content (AvgIpc) is 2.98. The number of nitrogens with zero attached hydrogens (tertiary/aromatic N) is 2. The Kier molecular flexibility index (Phi) is 5.39. The summed E-state index contributed by atoms with van der Waals surface area (Å²) < 4.78 is 7.57. The topological polar surface area (TPSA) is 82.3 Å². The molecule has 2 aromatic heterocycles. The summed E-state index contributed by atoms with van der Waals surface area (Å²) in [5.41, 5.74) is 0.318. The standard InChI is InChI=1S/C17H23N3O4S/c1-3-19-16-14(11-6-4-5-7-12(11)25-16)15(22)20(17(19)23)10-13(21)18-8-9-24-2/h3-10H2,1-2H3,(H,18,21). The fraction of sp³-hybridized carbons (Fsp3) is 0.588. The summed E-state index contributed by atoms with van der Waals surface area (Å²) in [4.78, 5) is 39.8. The number of carbonyl (C=O) groups is 1. The molecular formula is C17H23N3O4S. The number of thiophene rings is 1. The van der Waals surface area contributed by atoms with Gasteiger partial charge in [0.05, 0.1) is 12.0 Å². The molecule has 0 aromatic carbocycles. The maximum atomic E-state index is 13.0. The lowest BCUT2D eigenvalue weighted by atomic mass is 9.97. The van der Waals surface area contributed by atoms with Crippen molar-refractivity contribution in [2.45, 2.75) is 45.7 Å². The molecule has 1 amide bonds. The number of hydrogen-bond donors (Lipinski definition) is 1. The molecule has 8 heteroatoms. The van der Waals surface area contributed by atoms with E-state index in [2.05, 4.69) is 5.32 Å². The molecule has 3 rings (SSSR count). The van der Waals surface area contributed by atoms with Gasteiger partial charge in [0.15, 0.2) is 0 Å². The summed E-state index contributed by atoms with van der Waals surface area (Å²) in [6.45, 7) is 2.83. The summed E-state index contributed by atoms with van der Waals surface area (Å²) in [7, 11) is 1.55. The first-order valence-corrected chi connectivity index (χ1v) is 9.43. The third-order valence-corrected chi connectivity index (χ3v) is 5.88. The number of aromatic nitrogens is 2. The summed E-state index contributed by atoms with van der Waals surface area (Å²) >= 11 is 1.56. The van der Waals surface area contributed by atoms with Crippen LogP contribution in [0.25, 0.3) is 10.2 Å². The van der Waals surface area contributed by atoms with Crippen LogP contribution in [-0.2, 0) is 35.5 Å². The first-order valence-electron chi connectivity index (χ1n) is 8.62.